The van der Waals surface area contributed by atoms with E-state index in [4.69, 9.17) is 17.3 Å². The van der Waals surface area contributed by atoms with Gasteiger partial charge in [-0.25, -0.2) is 0 Å². The quantitative estimate of drug-likeness (QED) is 0.781. The van der Waals surface area contributed by atoms with Crippen molar-refractivity contribution in [2.24, 2.45) is 11.7 Å². The molecule has 0 aromatic carbocycles. The minimum Gasteiger partial charge on any atom is -0.328 e. The van der Waals surface area contributed by atoms with Gasteiger partial charge < -0.3 is 5.73 Å². The van der Waals surface area contributed by atoms with E-state index in [1.807, 2.05) is 27.7 Å². The molecule has 0 saturated carbocycles. The average molecular weight is 286 g/mol. The van der Waals surface area contributed by atoms with Crippen molar-refractivity contribution < 1.29 is 4.79 Å². The summed E-state index contributed by atoms with van der Waals surface area (Å²) in [5.74, 6) is 0.0197. The van der Waals surface area contributed by atoms with E-state index in [1.54, 1.807) is 10.9 Å². The summed E-state index contributed by atoms with van der Waals surface area (Å²) in [4.78, 5) is 12.5. The molecule has 2 unspecified atom stereocenters. The number of hydrogen-bond donors (Lipinski definition) is 1. The van der Waals surface area contributed by atoms with E-state index in [0.717, 1.165) is 19.3 Å². The number of Topliss-reactive ketones (excluding diaryl/α,β-unsaturated/α-hetero) is 1. The first-order valence-electron chi connectivity index (χ1n) is 6.87. The number of rotatable bonds is 7. The van der Waals surface area contributed by atoms with Gasteiger partial charge in [-0.15, -0.1) is 0 Å². The standard InChI is InChI=1S/C14H24ClN3O/c1-9(2)18-13(12(15)8-17-18)14(19)10(3)6-5-7-11(4)16/h8-11H,5-7,16H2,1-4H3. The summed E-state index contributed by atoms with van der Waals surface area (Å²) < 4.78 is 1.70. The Morgan fingerprint density at radius 2 is 2.00 bits per heavy atom. The lowest BCUT2D eigenvalue weighted by molar-refractivity contribution is 0.0909. The van der Waals surface area contributed by atoms with Crippen molar-refractivity contribution in [2.45, 2.75) is 59.0 Å². The van der Waals surface area contributed by atoms with Crippen molar-refractivity contribution in [1.29, 1.82) is 0 Å². The zero-order chi connectivity index (χ0) is 14.6. The first kappa shape index (κ1) is 16.2. The van der Waals surface area contributed by atoms with E-state index in [9.17, 15) is 4.79 Å². The molecular formula is C14H24ClN3O. The Balaban J connectivity index is 2.74. The molecule has 0 aliphatic carbocycles. The highest BCUT2D eigenvalue weighted by molar-refractivity contribution is 6.33. The zero-order valence-corrected chi connectivity index (χ0v) is 12.9. The Morgan fingerprint density at radius 1 is 1.37 bits per heavy atom. The fourth-order valence-corrected chi connectivity index (χ4v) is 2.30. The van der Waals surface area contributed by atoms with Crippen molar-refractivity contribution in [2.75, 3.05) is 0 Å². The molecule has 5 heteroatoms. The van der Waals surface area contributed by atoms with E-state index in [-0.39, 0.29) is 23.8 Å². The molecule has 0 fully saturated rings. The molecule has 0 aliphatic heterocycles. The Labute approximate surface area is 120 Å². The maximum Gasteiger partial charge on any atom is 0.185 e. The van der Waals surface area contributed by atoms with Crippen molar-refractivity contribution in [3.8, 4) is 0 Å². The molecule has 4 nitrogen and oxygen atoms in total. The minimum absolute atomic E-state index is 0.0505. The van der Waals surface area contributed by atoms with Crippen LogP contribution in [0.3, 0.4) is 0 Å². The predicted octanol–water partition coefficient (Wildman–Crippen LogP) is 3.45. The molecule has 1 aromatic heterocycles. The Morgan fingerprint density at radius 3 is 2.53 bits per heavy atom. The number of nitrogens with zero attached hydrogens (tertiary/aromatic N) is 2. The summed E-state index contributed by atoms with van der Waals surface area (Å²) in [6.45, 7) is 7.90. The van der Waals surface area contributed by atoms with Crippen LogP contribution in [0.15, 0.2) is 6.20 Å². The third-order valence-corrected chi connectivity index (χ3v) is 3.49. The lowest BCUT2D eigenvalue weighted by atomic mass is 9.96. The van der Waals surface area contributed by atoms with Gasteiger partial charge in [0.15, 0.2) is 5.78 Å². The number of nitrogens with two attached hydrogens (primary N) is 1. The Kier molecular flexibility index (Phi) is 6.01. The molecule has 0 spiro atoms. The van der Waals surface area contributed by atoms with E-state index < -0.39 is 0 Å². The van der Waals surface area contributed by atoms with Crippen LogP contribution in [0.2, 0.25) is 5.02 Å². The second-order valence-electron chi connectivity index (χ2n) is 5.55. The molecule has 0 amide bonds. The summed E-state index contributed by atoms with van der Waals surface area (Å²) in [6, 6.07) is 0.315. The second-order valence-corrected chi connectivity index (χ2v) is 5.96. The molecule has 108 valence electrons. The zero-order valence-electron chi connectivity index (χ0n) is 12.2. The number of aromatic nitrogens is 2. The van der Waals surface area contributed by atoms with E-state index in [1.165, 1.54) is 0 Å². The fraction of sp³-hybridized carbons (Fsp3) is 0.714. The third kappa shape index (κ3) is 4.32. The van der Waals surface area contributed by atoms with Gasteiger partial charge in [0.2, 0.25) is 0 Å². The summed E-state index contributed by atoms with van der Waals surface area (Å²) >= 11 is 6.09. The molecule has 1 rings (SSSR count). The summed E-state index contributed by atoms with van der Waals surface area (Å²) in [5.41, 5.74) is 6.25. The van der Waals surface area contributed by atoms with Crippen molar-refractivity contribution in [1.82, 2.24) is 9.78 Å². The topological polar surface area (TPSA) is 60.9 Å². The van der Waals surface area contributed by atoms with Gasteiger partial charge in [-0.3, -0.25) is 9.48 Å². The molecule has 1 heterocycles. The second kappa shape index (κ2) is 7.06. The van der Waals surface area contributed by atoms with Gasteiger partial charge in [-0.2, -0.15) is 5.10 Å². The van der Waals surface area contributed by atoms with Gasteiger partial charge in [0.1, 0.15) is 5.69 Å². The van der Waals surface area contributed by atoms with Crippen LogP contribution in [-0.4, -0.2) is 21.6 Å². The monoisotopic (exact) mass is 285 g/mol. The van der Waals surface area contributed by atoms with Crippen LogP contribution in [0.5, 0.6) is 0 Å². The predicted molar refractivity (Wildman–Crippen MR) is 78.6 cm³/mol. The molecule has 0 saturated heterocycles. The first-order valence-corrected chi connectivity index (χ1v) is 7.25. The highest BCUT2D eigenvalue weighted by Gasteiger charge is 2.23. The van der Waals surface area contributed by atoms with E-state index >= 15 is 0 Å². The van der Waals surface area contributed by atoms with Crippen molar-refractivity contribution in [3.63, 3.8) is 0 Å². The molecule has 0 radical (unpaired) electrons. The van der Waals surface area contributed by atoms with Gasteiger partial charge in [-0.1, -0.05) is 24.9 Å². The van der Waals surface area contributed by atoms with E-state index in [2.05, 4.69) is 5.10 Å². The summed E-state index contributed by atoms with van der Waals surface area (Å²) in [7, 11) is 0. The fourth-order valence-electron chi connectivity index (χ4n) is 2.07. The molecule has 2 atom stereocenters. The van der Waals surface area contributed by atoms with Crippen molar-refractivity contribution in [3.05, 3.63) is 16.9 Å². The average Bonchev–Trinajstić information content (AvgIpc) is 2.69. The van der Waals surface area contributed by atoms with Gasteiger partial charge in [0.05, 0.1) is 11.2 Å². The van der Waals surface area contributed by atoms with Crippen LogP contribution in [0.4, 0.5) is 0 Å². The third-order valence-electron chi connectivity index (χ3n) is 3.22. The van der Waals surface area contributed by atoms with Gasteiger partial charge in [0.25, 0.3) is 0 Å². The van der Waals surface area contributed by atoms with Gasteiger partial charge >= 0.3 is 0 Å². The minimum atomic E-state index is -0.0505. The SMILES string of the molecule is CC(N)CCCC(C)C(=O)c1c(Cl)cnn1C(C)C. The number of carbonyl (C=O) groups excluding carboxylic acids is 1. The van der Waals surface area contributed by atoms with Crippen LogP contribution in [0.25, 0.3) is 0 Å². The summed E-state index contributed by atoms with van der Waals surface area (Å²) in [6.07, 6.45) is 4.27. The normalized spacial score (nSPS) is 14.7. The smallest absolute Gasteiger partial charge is 0.185 e. The van der Waals surface area contributed by atoms with Crippen LogP contribution in [0, 0.1) is 5.92 Å². The number of hydrogen-bond acceptors (Lipinski definition) is 3. The van der Waals surface area contributed by atoms with E-state index in [0.29, 0.717) is 10.7 Å². The van der Waals surface area contributed by atoms with Crippen molar-refractivity contribution >= 4 is 17.4 Å². The molecule has 1 aromatic rings. The highest BCUT2D eigenvalue weighted by Crippen LogP contribution is 2.24. The van der Waals surface area contributed by atoms with Crippen LogP contribution < -0.4 is 5.73 Å². The number of carbonyl (C=O) groups is 1. The first-order chi connectivity index (χ1) is 8.84. The Bertz CT molecular complexity index is 426. The number of ketones is 1. The van der Waals surface area contributed by atoms with Crippen LogP contribution in [0.1, 0.15) is 63.5 Å². The lowest BCUT2D eigenvalue weighted by Gasteiger charge is -2.15. The highest BCUT2D eigenvalue weighted by atomic mass is 35.5. The molecule has 0 aliphatic rings. The summed E-state index contributed by atoms with van der Waals surface area (Å²) in [5, 5.41) is 4.61. The van der Waals surface area contributed by atoms with Gasteiger partial charge in [0, 0.05) is 18.0 Å². The van der Waals surface area contributed by atoms with Gasteiger partial charge in [-0.05, 0) is 33.6 Å². The number of halogens is 1. The van der Waals surface area contributed by atoms with Crippen LogP contribution in [-0.2, 0) is 0 Å². The molecular weight excluding hydrogens is 262 g/mol. The molecule has 0 bridgehead atoms. The Hall–Kier alpha value is -0.870. The largest absolute Gasteiger partial charge is 0.328 e. The van der Waals surface area contributed by atoms with Crippen LogP contribution >= 0.6 is 11.6 Å². The lowest BCUT2D eigenvalue weighted by Crippen LogP contribution is -2.20. The molecule has 19 heavy (non-hydrogen) atoms. The maximum atomic E-state index is 12.5. The molecule has 2 N–H and O–H groups in total. The maximum absolute atomic E-state index is 12.5.